The molecule has 0 aliphatic rings. The molecule has 58 valence electrons. The van der Waals surface area contributed by atoms with Crippen LogP contribution in [-0.4, -0.2) is 29.9 Å². The Hall–Kier alpha value is -0.900. The fraction of sp³-hybridized carbons (Fsp3) is 0.667. The molecule has 0 saturated carbocycles. The number of nitrogens with one attached hydrogen (secondary N) is 1. The third kappa shape index (κ3) is 5.24. The van der Waals surface area contributed by atoms with E-state index in [0.29, 0.717) is 6.29 Å². The van der Waals surface area contributed by atoms with Gasteiger partial charge in [0.15, 0.2) is 0 Å². The summed E-state index contributed by atoms with van der Waals surface area (Å²) >= 11 is 0. The summed E-state index contributed by atoms with van der Waals surface area (Å²) in [4.78, 5) is 20.3. The average Bonchev–Trinajstić information content (AvgIpc) is 1.82. The maximum absolute atomic E-state index is 10.6. The lowest BCUT2D eigenvalue weighted by molar-refractivity contribution is -0.124. The van der Waals surface area contributed by atoms with E-state index in [9.17, 15) is 9.59 Å². The molecule has 0 heterocycles. The molecule has 2 N–H and O–H groups in total. The molecule has 0 aliphatic heterocycles. The minimum absolute atomic E-state index is 0.0194. The quantitative estimate of drug-likeness (QED) is 0.502. The number of hydrogen-bond acceptors (Lipinski definition) is 3. The van der Waals surface area contributed by atoms with Crippen molar-refractivity contribution in [1.82, 2.24) is 5.32 Å². The maximum Gasteiger partial charge on any atom is 0.222 e. The van der Waals surface area contributed by atoms with Crippen LogP contribution in [0.5, 0.6) is 0 Å². The highest BCUT2D eigenvalue weighted by Crippen LogP contribution is 1.86. The van der Waals surface area contributed by atoms with Gasteiger partial charge in [-0.15, -0.1) is 0 Å². The van der Waals surface area contributed by atoms with Crippen LogP contribution in [0.1, 0.15) is 13.3 Å². The van der Waals surface area contributed by atoms with E-state index in [-0.39, 0.29) is 18.9 Å². The van der Waals surface area contributed by atoms with Gasteiger partial charge in [-0.05, 0) is 6.92 Å². The summed E-state index contributed by atoms with van der Waals surface area (Å²) in [5.41, 5.74) is 0. The standard InChI is InChI=1S/C6H11NO3/c1-5(9)4-6(10)7-2-3-8/h3,5,9H,2,4H2,1H3,(H,7,10)/t5-/m1/s1. The van der Waals surface area contributed by atoms with Crippen LogP contribution in [0.4, 0.5) is 0 Å². The van der Waals surface area contributed by atoms with E-state index in [1.54, 1.807) is 0 Å². The van der Waals surface area contributed by atoms with E-state index in [0.717, 1.165) is 0 Å². The SMILES string of the molecule is C[C@@H](O)CC(=O)NCC=O. The van der Waals surface area contributed by atoms with Crippen molar-refractivity contribution in [2.24, 2.45) is 0 Å². The Kier molecular flexibility index (Phi) is 4.49. The lowest BCUT2D eigenvalue weighted by Gasteiger charge is -2.02. The van der Waals surface area contributed by atoms with Crippen molar-refractivity contribution >= 4 is 12.2 Å². The van der Waals surface area contributed by atoms with Crippen LogP contribution in [0.3, 0.4) is 0 Å². The molecule has 1 amide bonds. The second kappa shape index (κ2) is 4.93. The fourth-order valence-corrected chi connectivity index (χ4v) is 0.496. The van der Waals surface area contributed by atoms with E-state index in [1.165, 1.54) is 6.92 Å². The molecule has 0 saturated heterocycles. The number of amides is 1. The molecule has 0 aliphatic carbocycles. The van der Waals surface area contributed by atoms with Gasteiger partial charge in [0.1, 0.15) is 6.29 Å². The molecule has 0 spiro atoms. The molecule has 0 aromatic carbocycles. The predicted octanol–water partition coefficient (Wildman–Crippen LogP) is -0.928. The van der Waals surface area contributed by atoms with Crippen molar-refractivity contribution in [3.05, 3.63) is 0 Å². The van der Waals surface area contributed by atoms with Crippen LogP contribution < -0.4 is 5.32 Å². The van der Waals surface area contributed by atoms with Crippen LogP contribution in [0, 0.1) is 0 Å². The fourth-order valence-electron chi connectivity index (χ4n) is 0.496. The van der Waals surface area contributed by atoms with E-state index in [4.69, 9.17) is 5.11 Å². The number of hydrogen-bond donors (Lipinski definition) is 2. The Morgan fingerprint density at radius 3 is 2.80 bits per heavy atom. The molecule has 0 fully saturated rings. The van der Waals surface area contributed by atoms with Gasteiger partial charge in [0.05, 0.1) is 19.1 Å². The van der Waals surface area contributed by atoms with E-state index in [2.05, 4.69) is 5.32 Å². The zero-order chi connectivity index (χ0) is 7.98. The second-order valence-corrected chi connectivity index (χ2v) is 2.02. The van der Waals surface area contributed by atoms with Crippen molar-refractivity contribution in [2.45, 2.75) is 19.4 Å². The molecule has 10 heavy (non-hydrogen) atoms. The van der Waals surface area contributed by atoms with Crippen molar-refractivity contribution in [1.29, 1.82) is 0 Å². The van der Waals surface area contributed by atoms with Crippen molar-refractivity contribution in [3.63, 3.8) is 0 Å². The molecule has 0 rings (SSSR count). The monoisotopic (exact) mass is 145 g/mol. The number of rotatable bonds is 4. The highest BCUT2D eigenvalue weighted by Gasteiger charge is 2.03. The molecule has 0 aromatic heterocycles. The Labute approximate surface area is 59.2 Å². The summed E-state index contributed by atoms with van der Waals surface area (Å²) in [5, 5.41) is 11.0. The Morgan fingerprint density at radius 2 is 2.40 bits per heavy atom. The lowest BCUT2D eigenvalue weighted by Crippen LogP contribution is -2.27. The second-order valence-electron chi connectivity index (χ2n) is 2.02. The minimum Gasteiger partial charge on any atom is -0.393 e. The first-order valence-corrected chi connectivity index (χ1v) is 3.05. The molecule has 0 unspecified atom stereocenters. The van der Waals surface area contributed by atoms with Gasteiger partial charge in [0.25, 0.3) is 0 Å². The Balaban J connectivity index is 3.34. The summed E-state index contributed by atoms with van der Waals surface area (Å²) in [5.74, 6) is -0.304. The van der Waals surface area contributed by atoms with Crippen molar-refractivity contribution < 1.29 is 14.7 Å². The first-order valence-electron chi connectivity index (χ1n) is 3.05. The first kappa shape index (κ1) is 9.10. The van der Waals surface area contributed by atoms with Gasteiger partial charge in [-0.1, -0.05) is 0 Å². The van der Waals surface area contributed by atoms with Gasteiger partial charge in [-0.25, -0.2) is 0 Å². The topological polar surface area (TPSA) is 66.4 Å². The van der Waals surface area contributed by atoms with Crippen molar-refractivity contribution in [3.8, 4) is 0 Å². The van der Waals surface area contributed by atoms with Gasteiger partial charge in [0, 0.05) is 0 Å². The third-order valence-electron chi connectivity index (χ3n) is 0.863. The van der Waals surface area contributed by atoms with Crippen LogP contribution in [0.25, 0.3) is 0 Å². The zero-order valence-electron chi connectivity index (χ0n) is 5.83. The Bertz CT molecular complexity index is 122. The van der Waals surface area contributed by atoms with Gasteiger partial charge in [0.2, 0.25) is 5.91 Å². The van der Waals surface area contributed by atoms with Gasteiger partial charge in [-0.2, -0.15) is 0 Å². The Morgan fingerprint density at radius 1 is 1.80 bits per heavy atom. The smallest absolute Gasteiger partial charge is 0.222 e. The molecule has 0 bridgehead atoms. The molecule has 4 heteroatoms. The van der Waals surface area contributed by atoms with E-state index >= 15 is 0 Å². The first-order chi connectivity index (χ1) is 4.66. The largest absolute Gasteiger partial charge is 0.393 e. The predicted molar refractivity (Wildman–Crippen MR) is 35.4 cm³/mol. The molecular formula is C6H11NO3. The average molecular weight is 145 g/mol. The normalized spacial score (nSPS) is 12.2. The lowest BCUT2D eigenvalue weighted by atomic mass is 10.3. The summed E-state index contributed by atoms with van der Waals surface area (Å²) in [6.45, 7) is 1.53. The summed E-state index contributed by atoms with van der Waals surface area (Å²) in [7, 11) is 0. The summed E-state index contributed by atoms with van der Waals surface area (Å²) in [6.07, 6.45) is -0.0000104. The molecule has 4 nitrogen and oxygen atoms in total. The highest BCUT2D eigenvalue weighted by molar-refractivity contribution is 5.78. The summed E-state index contributed by atoms with van der Waals surface area (Å²) < 4.78 is 0. The van der Waals surface area contributed by atoms with Crippen molar-refractivity contribution in [2.75, 3.05) is 6.54 Å². The van der Waals surface area contributed by atoms with E-state index < -0.39 is 6.10 Å². The number of aliphatic hydroxyl groups excluding tert-OH is 1. The van der Waals surface area contributed by atoms with Crippen LogP contribution in [0.15, 0.2) is 0 Å². The number of aliphatic hydroxyl groups is 1. The molecule has 0 aromatic rings. The van der Waals surface area contributed by atoms with Gasteiger partial charge >= 0.3 is 0 Å². The minimum atomic E-state index is -0.647. The maximum atomic E-state index is 10.6. The third-order valence-corrected chi connectivity index (χ3v) is 0.863. The van der Waals surface area contributed by atoms with Gasteiger partial charge in [-0.3, -0.25) is 4.79 Å². The summed E-state index contributed by atoms with van der Waals surface area (Å²) in [6, 6.07) is 0. The molecular weight excluding hydrogens is 134 g/mol. The highest BCUT2D eigenvalue weighted by atomic mass is 16.3. The number of carbonyl (C=O) groups excluding carboxylic acids is 2. The van der Waals surface area contributed by atoms with E-state index in [1.807, 2.05) is 0 Å². The van der Waals surface area contributed by atoms with Crippen LogP contribution in [-0.2, 0) is 9.59 Å². The van der Waals surface area contributed by atoms with Gasteiger partial charge < -0.3 is 15.2 Å². The zero-order valence-corrected chi connectivity index (χ0v) is 5.83. The number of carbonyl (C=O) groups is 2. The molecule has 1 atom stereocenters. The number of aldehydes is 1. The molecule has 0 radical (unpaired) electrons. The van der Waals surface area contributed by atoms with Crippen LogP contribution >= 0.6 is 0 Å². The van der Waals surface area contributed by atoms with Crippen LogP contribution in [0.2, 0.25) is 0 Å².